The van der Waals surface area contributed by atoms with Gasteiger partial charge in [0.05, 0.1) is 25.0 Å². The highest BCUT2D eigenvalue weighted by molar-refractivity contribution is 5.30. The van der Waals surface area contributed by atoms with Gasteiger partial charge >= 0.3 is 6.61 Å². The van der Waals surface area contributed by atoms with Crippen LogP contribution < -0.4 is 4.74 Å². The fraction of sp³-hybridized carbons (Fsp3) is 0.412. The highest BCUT2D eigenvalue weighted by Gasteiger charge is 2.27. The second-order valence-corrected chi connectivity index (χ2v) is 5.50. The Labute approximate surface area is 133 Å². The fourth-order valence-electron chi connectivity index (χ4n) is 2.82. The third kappa shape index (κ3) is 3.89. The highest BCUT2D eigenvalue weighted by atomic mass is 19.3. The van der Waals surface area contributed by atoms with E-state index >= 15 is 0 Å². The van der Waals surface area contributed by atoms with Crippen LogP contribution in [-0.2, 0) is 4.74 Å². The number of morpholine rings is 1. The summed E-state index contributed by atoms with van der Waals surface area (Å²) >= 11 is 0. The Morgan fingerprint density at radius 3 is 2.87 bits per heavy atom. The zero-order valence-corrected chi connectivity index (χ0v) is 12.8. The van der Waals surface area contributed by atoms with E-state index in [4.69, 9.17) is 9.15 Å². The van der Waals surface area contributed by atoms with Crippen molar-refractivity contribution in [2.75, 3.05) is 19.7 Å². The predicted octanol–water partition coefficient (Wildman–Crippen LogP) is 4.02. The van der Waals surface area contributed by atoms with Crippen molar-refractivity contribution >= 4 is 0 Å². The van der Waals surface area contributed by atoms with Crippen molar-refractivity contribution in [2.45, 2.75) is 25.7 Å². The molecule has 0 aliphatic carbocycles. The molecule has 0 amide bonds. The molecule has 3 rings (SSSR count). The van der Waals surface area contributed by atoms with E-state index in [1.807, 2.05) is 18.2 Å². The number of hydrogen-bond acceptors (Lipinski definition) is 4. The number of benzene rings is 1. The molecule has 0 bridgehead atoms. The van der Waals surface area contributed by atoms with Crippen LogP contribution in [-0.4, -0.2) is 31.2 Å². The first-order valence-corrected chi connectivity index (χ1v) is 7.57. The molecule has 23 heavy (non-hydrogen) atoms. The topological polar surface area (TPSA) is 34.8 Å². The summed E-state index contributed by atoms with van der Waals surface area (Å²) in [6, 6.07) is 10.6. The molecule has 1 aromatic carbocycles. The van der Waals surface area contributed by atoms with Crippen LogP contribution in [0.25, 0.3) is 0 Å². The Balaban J connectivity index is 1.71. The number of alkyl halides is 2. The first kappa shape index (κ1) is 16.0. The molecular formula is C17H19F2NO3. The molecule has 1 saturated heterocycles. The number of ether oxygens (including phenoxy) is 2. The van der Waals surface area contributed by atoms with Gasteiger partial charge in [0, 0.05) is 13.1 Å². The summed E-state index contributed by atoms with van der Waals surface area (Å²) in [4.78, 5) is 2.26. The Kier molecular flexibility index (Phi) is 4.93. The number of halogens is 2. The Morgan fingerprint density at radius 1 is 1.26 bits per heavy atom. The summed E-state index contributed by atoms with van der Waals surface area (Å²) in [5.41, 5.74) is 0.833. The van der Waals surface area contributed by atoms with E-state index in [0.717, 1.165) is 17.9 Å². The number of furan rings is 1. The molecule has 1 aliphatic rings. The quantitative estimate of drug-likeness (QED) is 0.832. The van der Waals surface area contributed by atoms with Crippen molar-refractivity contribution in [2.24, 2.45) is 0 Å². The summed E-state index contributed by atoms with van der Waals surface area (Å²) < 4.78 is 40.4. The van der Waals surface area contributed by atoms with E-state index in [1.54, 1.807) is 18.4 Å². The van der Waals surface area contributed by atoms with E-state index in [1.165, 1.54) is 6.07 Å². The molecule has 4 nitrogen and oxygen atoms in total. The summed E-state index contributed by atoms with van der Waals surface area (Å²) in [5, 5.41) is 0. The van der Waals surface area contributed by atoms with Gasteiger partial charge in [-0.1, -0.05) is 12.1 Å². The van der Waals surface area contributed by atoms with Gasteiger partial charge in [0.2, 0.25) is 0 Å². The normalized spacial score (nSPS) is 20.6. The summed E-state index contributed by atoms with van der Waals surface area (Å²) in [5.74, 6) is 1.05. The zero-order chi connectivity index (χ0) is 16.2. The molecule has 0 N–H and O–H groups in total. The van der Waals surface area contributed by atoms with Crippen LogP contribution in [0.1, 0.15) is 30.4 Å². The first-order valence-electron chi connectivity index (χ1n) is 7.57. The number of nitrogens with zero attached hydrogens (tertiary/aromatic N) is 1. The van der Waals surface area contributed by atoms with Gasteiger partial charge in [-0.25, -0.2) is 0 Å². The maximum atomic E-state index is 12.3. The van der Waals surface area contributed by atoms with Gasteiger partial charge in [0.15, 0.2) is 0 Å². The van der Waals surface area contributed by atoms with Crippen LogP contribution in [0.5, 0.6) is 5.75 Å². The minimum atomic E-state index is -2.83. The molecule has 2 atom stereocenters. The average Bonchev–Trinajstić information content (AvgIpc) is 3.08. The summed E-state index contributed by atoms with van der Waals surface area (Å²) in [7, 11) is 0. The van der Waals surface area contributed by atoms with Gasteiger partial charge in [0.1, 0.15) is 11.5 Å². The van der Waals surface area contributed by atoms with Crippen molar-refractivity contribution in [1.29, 1.82) is 0 Å². The van der Waals surface area contributed by atoms with Crippen LogP contribution in [0.15, 0.2) is 47.1 Å². The van der Waals surface area contributed by atoms with Gasteiger partial charge in [-0.15, -0.1) is 0 Å². The van der Waals surface area contributed by atoms with Gasteiger partial charge in [-0.3, -0.25) is 4.90 Å². The SMILES string of the molecule is C[C@@H](c1ccco1)N1CCO[C@@H](c2cccc(OC(F)F)c2)C1. The van der Waals surface area contributed by atoms with Crippen molar-refractivity contribution in [3.8, 4) is 5.75 Å². The molecular weight excluding hydrogens is 304 g/mol. The standard InChI is InChI=1S/C17H19F2NO3/c1-12(15-6-3-8-21-15)20-7-9-22-16(11-20)13-4-2-5-14(10-13)23-17(18)19/h2-6,8,10,12,16-17H,7,9,11H2,1H3/t12-,16+/m0/s1. The number of hydrogen-bond donors (Lipinski definition) is 0. The van der Waals surface area contributed by atoms with E-state index in [2.05, 4.69) is 16.6 Å². The van der Waals surface area contributed by atoms with Crippen molar-refractivity contribution in [3.63, 3.8) is 0 Å². The minimum Gasteiger partial charge on any atom is -0.468 e. The highest BCUT2D eigenvalue weighted by Crippen LogP contribution is 2.30. The van der Waals surface area contributed by atoms with E-state index in [-0.39, 0.29) is 17.9 Å². The smallest absolute Gasteiger partial charge is 0.387 e. The second-order valence-electron chi connectivity index (χ2n) is 5.50. The van der Waals surface area contributed by atoms with Gasteiger partial charge in [-0.05, 0) is 36.8 Å². The molecule has 6 heteroatoms. The largest absolute Gasteiger partial charge is 0.468 e. The monoisotopic (exact) mass is 323 g/mol. The number of rotatable bonds is 5. The molecule has 2 aromatic rings. The Hall–Kier alpha value is -1.92. The van der Waals surface area contributed by atoms with Crippen molar-refractivity contribution < 1.29 is 22.7 Å². The molecule has 0 saturated carbocycles. The maximum Gasteiger partial charge on any atom is 0.387 e. The third-order valence-electron chi connectivity index (χ3n) is 4.06. The average molecular weight is 323 g/mol. The summed E-state index contributed by atoms with van der Waals surface area (Å²) in [6.45, 7) is 1.30. The maximum absolute atomic E-state index is 12.3. The van der Waals surface area contributed by atoms with E-state index < -0.39 is 6.61 Å². The van der Waals surface area contributed by atoms with Crippen LogP contribution in [0, 0.1) is 0 Å². The third-order valence-corrected chi connectivity index (χ3v) is 4.06. The molecule has 0 unspecified atom stereocenters. The van der Waals surface area contributed by atoms with Gasteiger partial charge in [-0.2, -0.15) is 8.78 Å². The Bertz CT molecular complexity index is 618. The van der Waals surface area contributed by atoms with Crippen LogP contribution in [0.4, 0.5) is 8.78 Å². The molecule has 1 fully saturated rings. The van der Waals surface area contributed by atoms with E-state index in [0.29, 0.717) is 13.2 Å². The second kappa shape index (κ2) is 7.10. The zero-order valence-electron chi connectivity index (χ0n) is 12.8. The molecule has 0 radical (unpaired) electrons. The molecule has 1 aromatic heterocycles. The fourth-order valence-corrected chi connectivity index (χ4v) is 2.82. The molecule has 1 aliphatic heterocycles. The lowest BCUT2D eigenvalue weighted by molar-refractivity contribution is -0.0524. The lowest BCUT2D eigenvalue weighted by Crippen LogP contribution is -2.39. The first-order chi connectivity index (χ1) is 11.1. The van der Waals surface area contributed by atoms with Crippen LogP contribution in [0.3, 0.4) is 0 Å². The molecule has 0 spiro atoms. The molecule has 2 heterocycles. The van der Waals surface area contributed by atoms with Gasteiger partial charge in [0.25, 0.3) is 0 Å². The Morgan fingerprint density at radius 2 is 2.13 bits per heavy atom. The van der Waals surface area contributed by atoms with E-state index in [9.17, 15) is 8.78 Å². The van der Waals surface area contributed by atoms with Crippen molar-refractivity contribution in [3.05, 3.63) is 54.0 Å². The van der Waals surface area contributed by atoms with Crippen molar-refractivity contribution in [1.82, 2.24) is 4.90 Å². The predicted molar refractivity (Wildman–Crippen MR) is 80.5 cm³/mol. The minimum absolute atomic E-state index is 0.136. The lowest BCUT2D eigenvalue weighted by atomic mass is 10.1. The molecule has 124 valence electrons. The lowest BCUT2D eigenvalue weighted by Gasteiger charge is -2.36. The van der Waals surface area contributed by atoms with Gasteiger partial charge < -0.3 is 13.9 Å². The summed E-state index contributed by atoms with van der Waals surface area (Å²) in [6.07, 6.45) is 1.48. The van der Waals surface area contributed by atoms with Crippen LogP contribution in [0.2, 0.25) is 0 Å². The van der Waals surface area contributed by atoms with Crippen LogP contribution >= 0.6 is 0 Å².